The topological polar surface area (TPSA) is 56.3 Å². The Morgan fingerprint density at radius 2 is 1.65 bits per heavy atom. The molecule has 1 N–H and O–H groups in total. The van der Waals surface area contributed by atoms with Crippen molar-refractivity contribution >= 4 is 33.1 Å². The van der Waals surface area contributed by atoms with Crippen LogP contribution < -0.4 is 14.8 Å². The molecule has 0 spiro atoms. The van der Waals surface area contributed by atoms with Crippen LogP contribution >= 0.6 is 11.3 Å². The van der Waals surface area contributed by atoms with Crippen LogP contribution in [-0.2, 0) is 0 Å². The fraction of sp³-hybridized carbons (Fsp3) is 0.100. The molecule has 2 aromatic carbocycles. The molecular weight excluding hydrogens is 346 g/mol. The molecule has 0 saturated heterocycles. The lowest BCUT2D eigenvalue weighted by Crippen LogP contribution is -1.92. The average molecular weight is 363 g/mol. The van der Waals surface area contributed by atoms with Crippen LogP contribution in [0.2, 0.25) is 0 Å². The summed E-state index contributed by atoms with van der Waals surface area (Å²) in [6.07, 6.45) is 3.70. The predicted molar refractivity (Wildman–Crippen MR) is 106 cm³/mol. The molecule has 6 heteroatoms. The third-order valence-corrected chi connectivity index (χ3v) is 5.00. The summed E-state index contributed by atoms with van der Waals surface area (Å²) >= 11 is 1.56. The maximum atomic E-state index is 5.38. The van der Waals surface area contributed by atoms with Crippen LogP contribution in [0.5, 0.6) is 11.5 Å². The number of ether oxygens (including phenoxy) is 2. The van der Waals surface area contributed by atoms with Gasteiger partial charge in [0.25, 0.3) is 0 Å². The molecule has 4 rings (SSSR count). The summed E-state index contributed by atoms with van der Waals surface area (Å²) in [5.41, 5.74) is 1.03. The van der Waals surface area contributed by atoms with E-state index in [4.69, 9.17) is 9.47 Å². The van der Waals surface area contributed by atoms with Gasteiger partial charge in [0, 0.05) is 17.8 Å². The van der Waals surface area contributed by atoms with Crippen molar-refractivity contribution < 1.29 is 9.47 Å². The van der Waals surface area contributed by atoms with Gasteiger partial charge in [0.15, 0.2) is 16.6 Å². The molecule has 0 amide bonds. The second-order valence-corrected chi connectivity index (χ2v) is 6.67. The molecular formula is C20H17N3O2S. The number of benzene rings is 2. The second-order valence-electron chi connectivity index (χ2n) is 5.64. The van der Waals surface area contributed by atoms with E-state index in [1.807, 2.05) is 54.9 Å². The molecule has 0 aliphatic rings. The third-order valence-electron chi connectivity index (χ3n) is 4.04. The number of fused-ring (bicyclic) bond motifs is 1. The van der Waals surface area contributed by atoms with Crippen molar-refractivity contribution in [2.45, 2.75) is 0 Å². The van der Waals surface area contributed by atoms with E-state index in [2.05, 4.69) is 21.4 Å². The second kappa shape index (κ2) is 7.01. The van der Waals surface area contributed by atoms with Crippen LogP contribution in [0.1, 0.15) is 0 Å². The van der Waals surface area contributed by atoms with Crippen molar-refractivity contribution in [2.75, 3.05) is 19.5 Å². The molecule has 4 aromatic rings. The monoisotopic (exact) mass is 363 g/mol. The summed E-state index contributed by atoms with van der Waals surface area (Å²) < 4.78 is 10.7. The van der Waals surface area contributed by atoms with E-state index >= 15 is 0 Å². The van der Waals surface area contributed by atoms with E-state index in [9.17, 15) is 0 Å². The number of hydrogen-bond acceptors (Lipinski definition) is 6. The highest BCUT2D eigenvalue weighted by Gasteiger charge is 2.10. The number of methoxy groups -OCH3 is 2. The van der Waals surface area contributed by atoms with Crippen LogP contribution in [0.3, 0.4) is 0 Å². The van der Waals surface area contributed by atoms with Crippen molar-refractivity contribution in [3.63, 3.8) is 0 Å². The van der Waals surface area contributed by atoms with E-state index in [0.717, 1.165) is 32.2 Å². The van der Waals surface area contributed by atoms with Gasteiger partial charge >= 0.3 is 0 Å². The first-order chi connectivity index (χ1) is 12.8. The normalized spacial score (nSPS) is 10.7. The highest BCUT2D eigenvalue weighted by molar-refractivity contribution is 7.18. The molecule has 2 aromatic heterocycles. The van der Waals surface area contributed by atoms with Crippen LogP contribution in [0.25, 0.3) is 21.2 Å². The van der Waals surface area contributed by atoms with E-state index in [1.54, 1.807) is 25.6 Å². The summed E-state index contributed by atoms with van der Waals surface area (Å²) in [4.78, 5) is 9.95. The third kappa shape index (κ3) is 3.19. The van der Waals surface area contributed by atoms with Gasteiger partial charge in [0.1, 0.15) is 5.82 Å². The lowest BCUT2D eigenvalue weighted by Gasteiger charge is -2.08. The minimum Gasteiger partial charge on any atom is -0.493 e. The first-order valence-corrected chi connectivity index (χ1v) is 8.88. The fourth-order valence-corrected chi connectivity index (χ4v) is 3.54. The van der Waals surface area contributed by atoms with Gasteiger partial charge in [-0.15, -0.1) is 0 Å². The van der Waals surface area contributed by atoms with E-state index in [-0.39, 0.29) is 0 Å². The average Bonchev–Trinajstić information content (AvgIpc) is 3.15. The van der Waals surface area contributed by atoms with Crippen LogP contribution in [0.15, 0.2) is 60.9 Å². The van der Waals surface area contributed by atoms with Gasteiger partial charge in [-0.3, -0.25) is 0 Å². The Morgan fingerprint density at radius 3 is 2.46 bits per heavy atom. The maximum absolute atomic E-state index is 5.38. The molecule has 0 aliphatic heterocycles. The lowest BCUT2D eigenvalue weighted by atomic mass is 10.2. The number of nitrogens with one attached hydrogen (secondary N) is 1. The Kier molecular flexibility index (Phi) is 4.41. The Bertz CT molecular complexity index is 1060. The smallest absolute Gasteiger partial charge is 0.188 e. The van der Waals surface area contributed by atoms with E-state index < -0.39 is 0 Å². The minimum absolute atomic E-state index is 0.698. The summed E-state index contributed by atoms with van der Waals surface area (Å²) in [5, 5.41) is 6.32. The Hall–Kier alpha value is -3.12. The van der Waals surface area contributed by atoms with Gasteiger partial charge in [0.05, 0.1) is 19.1 Å². The molecule has 0 aliphatic carbocycles. The Labute approximate surface area is 155 Å². The largest absolute Gasteiger partial charge is 0.493 e. The van der Waals surface area contributed by atoms with Crippen molar-refractivity contribution in [1.82, 2.24) is 9.97 Å². The zero-order valence-electron chi connectivity index (χ0n) is 14.4. The zero-order valence-corrected chi connectivity index (χ0v) is 15.2. The molecule has 26 heavy (non-hydrogen) atoms. The summed E-state index contributed by atoms with van der Waals surface area (Å²) in [7, 11) is 3.26. The standard InChI is InChI=1S/C20H17N3O2S/c1-24-16-8-7-14(9-17(16)25-2)18-12-22-20(26-18)23-19-10-13-5-3-4-6-15(13)11-21-19/h3-12H,1-2H3,(H,21,22,23). The van der Waals surface area contributed by atoms with Gasteiger partial charge in [-0.2, -0.15) is 0 Å². The summed E-state index contributed by atoms with van der Waals surface area (Å²) in [6.45, 7) is 0. The molecule has 130 valence electrons. The summed E-state index contributed by atoms with van der Waals surface area (Å²) in [5.74, 6) is 2.18. The number of pyridine rings is 1. The van der Waals surface area contributed by atoms with Crippen LogP contribution in [0.4, 0.5) is 10.9 Å². The number of aromatic nitrogens is 2. The summed E-state index contributed by atoms with van der Waals surface area (Å²) in [6, 6.07) is 16.0. The van der Waals surface area contributed by atoms with Gasteiger partial charge in [0.2, 0.25) is 0 Å². The molecule has 5 nitrogen and oxygen atoms in total. The number of anilines is 2. The number of nitrogens with zero attached hydrogens (tertiary/aromatic N) is 2. The van der Waals surface area contributed by atoms with Gasteiger partial charge in [-0.1, -0.05) is 35.6 Å². The van der Waals surface area contributed by atoms with E-state index in [0.29, 0.717) is 11.5 Å². The molecule has 0 fully saturated rings. The predicted octanol–water partition coefficient (Wildman–Crippen LogP) is 5.12. The molecule has 0 atom stereocenters. The first-order valence-electron chi connectivity index (χ1n) is 8.07. The van der Waals surface area contributed by atoms with Crippen molar-refractivity contribution in [3.8, 4) is 21.9 Å². The fourth-order valence-electron chi connectivity index (χ4n) is 2.72. The lowest BCUT2D eigenvalue weighted by molar-refractivity contribution is 0.355. The molecule has 0 radical (unpaired) electrons. The molecule has 0 unspecified atom stereocenters. The molecule has 0 saturated carbocycles. The van der Waals surface area contributed by atoms with Gasteiger partial charge in [-0.25, -0.2) is 9.97 Å². The Balaban J connectivity index is 1.59. The van der Waals surface area contributed by atoms with Gasteiger partial charge in [-0.05, 0) is 35.2 Å². The molecule has 2 heterocycles. The number of hydrogen-bond donors (Lipinski definition) is 1. The minimum atomic E-state index is 0.698. The number of rotatable bonds is 5. The quantitative estimate of drug-likeness (QED) is 0.533. The maximum Gasteiger partial charge on any atom is 0.188 e. The highest BCUT2D eigenvalue weighted by atomic mass is 32.1. The van der Waals surface area contributed by atoms with Crippen molar-refractivity contribution in [2.24, 2.45) is 0 Å². The number of thiazole rings is 1. The van der Waals surface area contributed by atoms with Crippen molar-refractivity contribution in [3.05, 3.63) is 60.9 Å². The SMILES string of the molecule is COc1ccc(-c2cnc(Nc3cc4ccccc4cn3)s2)cc1OC. The van der Waals surface area contributed by atoms with Crippen LogP contribution in [-0.4, -0.2) is 24.2 Å². The highest BCUT2D eigenvalue weighted by Crippen LogP contribution is 2.36. The van der Waals surface area contributed by atoms with Gasteiger partial charge < -0.3 is 14.8 Å². The van der Waals surface area contributed by atoms with Crippen LogP contribution in [0, 0.1) is 0 Å². The Morgan fingerprint density at radius 1 is 0.846 bits per heavy atom. The van der Waals surface area contributed by atoms with E-state index in [1.165, 1.54) is 0 Å². The first kappa shape index (κ1) is 16.4. The molecule has 0 bridgehead atoms. The zero-order chi connectivity index (χ0) is 17.9. The van der Waals surface area contributed by atoms with Crippen molar-refractivity contribution in [1.29, 1.82) is 0 Å².